The van der Waals surface area contributed by atoms with Crippen LogP contribution in [-0.2, 0) is 9.47 Å². The monoisotopic (exact) mass is 155 g/mol. The first-order chi connectivity index (χ1) is 5.29. The van der Waals surface area contributed by atoms with Crippen LogP contribution >= 0.6 is 0 Å². The van der Waals surface area contributed by atoms with Gasteiger partial charge in [0.15, 0.2) is 11.5 Å². The summed E-state index contributed by atoms with van der Waals surface area (Å²) in [5.74, 6) is 1.60. The van der Waals surface area contributed by atoms with Gasteiger partial charge in [-0.05, 0) is 13.0 Å². The second-order valence-corrected chi connectivity index (χ2v) is 2.31. The molecule has 62 valence electrons. The first kappa shape index (κ1) is 7.98. The highest BCUT2D eigenvalue weighted by Crippen LogP contribution is 2.17. The van der Waals surface area contributed by atoms with E-state index in [1.165, 1.54) is 0 Å². The Morgan fingerprint density at radius 3 is 2.55 bits per heavy atom. The summed E-state index contributed by atoms with van der Waals surface area (Å²) in [5, 5.41) is 3.15. The Hall–Kier alpha value is -1.12. The van der Waals surface area contributed by atoms with Crippen molar-refractivity contribution in [1.82, 2.24) is 5.32 Å². The average Bonchev–Trinajstić information content (AvgIpc) is 2.04. The third-order valence-corrected chi connectivity index (χ3v) is 1.64. The predicted molar refractivity (Wildman–Crippen MR) is 42.8 cm³/mol. The van der Waals surface area contributed by atoms with Crippen molar-refractivity contribution in [3.8, 4) is 0 Å². The van der Waals surface area contributed by atoms with Crippen molar-refractivity contribution in [2.75, 3.05) is 20.8 Å². The molecule has 3 nitrogen and oxygen atoms in total. The van der Waals surface area contributed by atoms with E-state index in [1.54, 1.807) is 14.2 Å². The molecule has 0 bridgehead atoms. The molecule has 0 unspecified atom stereocenters. The van der Waals surface area contributed by atoms with E-state index in [2.05, 4.69) is 5.32 Å². The summed E-state index contributed by atoms with van der Waals surface area (Å²) in [5.41, 5.74) is 1.02. The van der Waals surface area contributed by atoms with Crippen LogP contribution < -0.4 is 5.32 Å². The van der Waals surface area contributed by atoms with Crippen LogP contribution in [0.2, 0.25) is 0 Å². The summed E-state index contributed by atoms with van der Waals surface area (Å²) in [7, 11) is 3.28. The van der Waals surface area contributed by atoms with Crippen LogP contribution in [-0.4, -0.2) is 20.8 Å². The number of hydrogen-bond acceptors (Lipinski definition) is 3. The van der Waals surface area contributed by atoms with Crippen LogP contribution in [0.4, 0.5) is 0 Å². The van der Waals surface area contributed by atoms with Gasteiger partial charge in [-0.2, -0.15) is 0 Å². The van der Waals surface area contributed by atoms with Gasteiger partial charge >= 0.3 is 0 Å². The van der Waals surface area contributed by atoms with Crippen molar-refractivity contribution in [3.05, 3.63) is 23.3 Å². The van der Waals surface area contributed by atoms with Crippen LogP contribution in [0.25, 0.3) is 0 Å². The SMILES string of the molecule is COC1=CCNC(C)=C1OC. The maximum absolute atomic E-state index is 5.13. The van der Waals surface area contributed by atoms with Gasteiger partial charge in [0, 0.05) is 6.54 Å². The fraction of sp³-hybridized carbons (Fsp3) is 0.500. The summed E-state index contributed by atoms with van der Waals surface area (Å²) in [6.45, 7) is 2.77. The van der Waals surface area contributed by atoms with Gasteiger partial charge in [-0.3, -0.25) is 0 Å². The number of nitrogens with one attached hydrogen (secondary N) is 1. The molecular formula is C8H13NO2. The average molecular weight is 155 g/mol. The molecule has 1 rings (SSSR count). The number of allylic oxidation sites excluding steroid dienone is 1. The molecule has 11 heavy (non-hydrogen) atoms. The number of methoxy groups -OCH3 is 2. The molecule has 1 heterocycles. The van der Waals surface area contributed by atoms with Crippen LogP contribution in [0.3, 0.4) is 0 Å². The minimum atomic E-state index is 0.791. The number of hydrogen-bond donors (Lipinski definition) is 1. The molecule has 0 saturated carbocycles. The Bertz CT molecular complexity index is 206. The highest BCUT2D eigenvalue weighted by Gasteiger charge is 2.12. The van der Waals surface area contributed by atoms with Crippen molar-refractivity contribution in [1.29, 1.82) is 0 Å². The quantitative estimate of drug-likeness (QED) is 0.645. The van der Waals surface area contributed by atoms with E-state index in [1.807, 2.05) is 13.0 Å². The molecule has 0 amide bonds. The van der Waals surface area contributed by atoms with E-state index in [0.29, 0.717) is 0 Å². The molecule has 0 aromatic heterocycles. The van der Waals surface area contributed by atoms with Gasteiger partial charge < -0.3 is 14.8 Å². The maximum atomic E-state index is 5.13. The van der Waals surface area contributed by atoms with Crippen LogP contribution in [0.15, 0.2) is 23.3 Å². The van der Waals surface area contributed by atoms with Crippen molar-refractivity contribution in [2.24, 2.45) is 0 Å². The Morgan fingerprint density at radius 1 is 1.36 bits per heavy atom. The first-order valence-electron chi connectivity index (χ1n) is 3.53. The third kappa shape index (κ3) is 1.48. The van der Waals surface area contributed by atoms with Gasteiger partial charge in [0.05, 0.1) is 19.9 Å². The molecule has 3 heteroatoms. The van der Waals surface area contributed by atoms with Gasteiger partial charge in [0.2, 0.25) is 0 Å². The lowest BCUT2D eigenvalue weighted by molar-refractivity contribution is 0.211. The summed E-state index contributed by atoms with van der Waals surface area (Å²) < 4.78 is 10.2. The minimum Gasteiger partial charge on any atom is -0.493 e. The van der Waals surface area contributed by atoms with Gasteiger partial charge in [0.25, 0.3) is 0 Å². The highest BCUT2D eigenvalue weighted by molar-refractivity contribution is 5.28. The van der Waals surface area contributed by atoms with Gasteiger partial charge in [-0.1, -0.05) is 0 Å². The minimum absolute atomic E-state index is 0.791. The number of ether oxygens (including phenoxy) is 2. The Kier molecular flexibility index (Phi) is 2.41. The summed E-state index contributed by atoms with van der Waals surface area (Å²) in [6, 6.07) is 0. The second-order valence-electron chi connectivity index (χ2n) is 2.31. The molecule has 1 aliphatic rings. The molecule has 0 aromatic carbocycles. The topological polar surface area (TPSA) is 30.5 Å². The zero-order valence-corrected chi connectivity index (χ0v) is 7.10. The van der Waals surface area contributed by atoms with E-state index in [0.717, 1.165) is 23.8 Å². The van der Waals surface area contributed by atoms with Crippen molar-refractivity contribution in [2.45, 2.75) is 6.92 Å². The standard InChI is InChI=1S/C8H13NO2/c1-6-8(11-3)7(10-2)4-5-9-6/h4,9H,5H2,1-3H3. The lowest BCUT2D eigenvalue weighted by Gasteiger charge is -2.18. The van der Waals surface area contributed by atoms with E-state index in [4.69, 9.17) is 9.47 Å². The second kappa shape index (κ2) is 3.32. The molecular weight excluding hydrogens is 142 g/mol. The lowest BCUT2D eigenvalue weighted by atomic mass is 10.2. The molecule has 1 aliphatic heterocycles. The van der Waals surface area contributed by atoms with Crippen LogP contribution in [0.5, 0.6) is 0 Å². The smallest absolute Gasteiger partial charge is 0.179 e. The Balaban J connectivity index is 2.86. The molecule has 0 aromatic rings. The molecule has 0 saturated heterocycles. The number of dihydropyridines is 1. The normalized spacial score (nSPS) is 17.2. The summed E-state index contributed by atoms with van der Waals surface area (Å²) >= 11 is 0. The Morgan fingerprint density at radius 2 is 2.09 bits per heavy atom. The van der Waals surface area contributed by atoms with Gasteiger partial charge in [-0.15, -0.1) is 0 Å². The Labute approximate surface area is 66.7 Å². The summed E-state index contributed by atoms with van der Waals surface area (Å²) in [4.78, 5) is 0. The van der Waals surface area contributed by atoms with E-state index in [-0.39, 0.29) is 0 Å². The molecule has 0 spiro atoms. The molecule has 0 aliphatic carbocycles. The van der Waals surface area contributed by atoms with Crippen molar-refractivity contribution >= 4 is 0 Å². The fourth-order valence-electron chi connectivity index (χ4n) is 1.08. The van der Waals surface area contributed by atoms with Crippen molar-refractivity contribution < 1.29 is 9.47 Å². The molecule has 1 N–H and O–H groups in total. The number of rotatable bonds is 2. The van der Waals surface area contributed by atoms with Crippen molar-refractivity contribution in [3.63, 3.8) is 0 Å². The van der Waals surface area contributed by atoms with Crippen LogP contribution in [0, 0.1) is 0 Å². The highest BCUT2D eigenvalue weighted by atomic mass is 16.5. The lowest BCUT2D eigenvalue weighted by Crippen LogP contribution is -2.20. The predicted octanol–water partition coefficient (Wildman–Crippen LogP) is 0.998. The molecule has 0 radical (unpaired) electrons. The van der Waals surface area contributed by atoms with E-state index in [9.17, 15) is 0 Å². The summed E-state index contributed by atoms with van der Waals surface area (Å²) in [6.07, 6.45) is 1.95. The molecule has 0 atom stereocenters. The zero-order valence-electron chi connectivity index (χ0n) is 7.10. The maximum Gasteiger partial charge on any atom is 0.179 e. The van der Waals surface area contributed by atoms with Gasteiger partial charge in [-0.25, -0.2) is 0 Å². The van der Waals surface area contributed by atoms with Crippen LogP contribution in [0.1, 0.15) is 6.92 Å². The largest absolute Gasteiger partial charge is 0.493 e. The first-order valence-corrected chi connectivity index (χ1v) is 3.53. The zero-order chi connectivity index (χ0) is 8.27. The third-order valence-electron chi connectivity index (χ3n) is 1.64. The molecule has 0 fully saturated rings. The van der Waals surface area contributed by atoms with E-state index >= 15 is 0 Å². The fourth-order valence-corrected chi connectivity index (χ4v) is 1.08. The van der Waals surface area contributed by atoms with E-state index < -0.39 is 0 Å². The van der Waals surface area contributed by atoms with Gasteiger partial charge in [0.1, 0.15) is 0 Å².